The van der Waals surface area contributed by atoms with Crippen LogP contribution in [0.2, 0.25) is 5.02 Å². The van der Waals surface area contributed by atoms with Gasteiger partial charge in [0.2, 0.25) is 5.91 Å². The second-order valence-corrected chi connectivity index (χ2v) is 7.68. The zero-order chi connectivity index (χ0) is 20.1. The second-order valence-electron chi connectivity index (χ2n) is 6.32. The van der Waals surface area contributed by atoms with Crippen LogP contribution in [0.15, 0.2) is 46.0 Å². The average molecular weight is 418 g/mol. The number of anilines is 1. The highest BCUT2D eigenvalue weighted by molar-refractivity contribution is 7.99. The van der Waals surface area contributed by atoms with Crippen molar-refractivity contribution in [1.29, 1.82) is 0 Å². The van der Waals surface area contributed by atoms with E-state index >= 15 is 0 Å². The number of halogens is 1. The normalized spacial score (nSPS) is 10.7. The molecule has 0 aliphatic carbocycles. The van der Waals surface area contributed by atoms with Crippen molar-refractivity contribution in [2.75, 3.05) is 11.1 Å². The molecule has 0 atom stereocenters. The Labute approximate surface area is 172 Å². The molecule has 0 unspecified atom stereocenters. The van der Waals surface area contributed by atoms with Crippen LogP contribution in [0.3, 0.4) is 0 Å². The molecule has 0 spiro atoms. The van der Waals surface area contributed by atoms with Gasteiger partial charge in [0.1, 0.15) is 5.75 Å². The van der Waals surface area contributed by atoms with Gasteiger partial charge in [-0.3, -0.25) is 4.79 Å². The summed E-state index contributed by atoms with van der Waals surface area (Å²) in [4.78, 5) is 12.2. The van der Waals surface area contributed by atoms with Gasteiger partial charge in [0.05, 0.1) is 5.75 Å². The molecule has 6 nitrogen and oxygen atoms in total. The van der Waals surface area contributed by atoms with E-state index in [2.05, 4.69) is 15.5 Å². The van der Waals surface area contributed by atoms with Crippen molar-refractivity contribution in [2.45, 2.75) is 32.6 Å². The molecule has 0 aliphatic heterocycles. The maximum Gasteiger partial charge on any atom is 0.277 e. The van der Waals surface area contributed by atoms with Crippen LogP contribution in [0, 0.1) is 20.8 Å². The summed E-state index contributed by atoms with van der Waals surface area (Å²) in [6.45, 7) is 5.99. The number of aryl methyl sites for hydroxylation is 3. The molecule has 1 heterocycles. The first-order valence-corrected chi connectivity index (χ1v) is 9.98. The molecule has 0 radical (unpaired) electrons. The second kappa shape index (κ2) is 9.12. The summed E-state index contributed by atoms with van der Waals surface area (Å²) in [5, 5.41) is 11.8. The van der Waals surface area contributed by atoms with Gasteiger partial charge in [-0.25, -0.2) is 0 Å². The number of rotatable bonds is 7. The molecule has 146 valence electrons. The van der Waals surface area contributed by atoms with Crippen LogP contribution in [0.25, 0.3) is 0 Å². The lowest BCUT2D eigenvalue weighted by Gasteiger charge is -2.08. The summed E-state index contributed by atoms with van der Waals surface area (Å²) in [7, 11) is 0. The average Bonchev–Trinajstić information content (AvgIpc) is 3.10. The Balaban J connectivity index is 1.50. The minimum Gasteiger partial charge on any atom is -0.484 e. The van der Waals surface area contributed by atoms with Crippen LogP contribution < -0.4 is 10.1 Å². The molecule has 0 bridgehead atoms. The summed E-state index contributed by atoms with van der Waals surface area (Å²) in [6, 6.07) is 11.3. The molecule has 1 N–H and O–H groups in total. The Bertz CT molecular complexity index is 991. The number of thioether (sulfide) groups is 1. The Morgan fingerprint density at radius 1 is 1.14 bits per heavy atom. The van der Waals surface area contributed by atoms with Crippen LogP contribution >= 0.6 is 23.4 Å². The minimum atomic E-state index is -0.133. The van der Waals surface area contributed by atoms with E-state index < -0.39 is 0 Å². The van der Waals surface area contributed by atoms with E-state index in [1.807, 2.05) is 45.0 Å². The summed E-state index contributed by atoms with van der Waals surface area (Å²) >= 11 is 7.11. The molecular weight excluding hydrogens is 398 g/mol. The first-order chi connectivity index (χ1) is 13.4. The maximum absolute atomic E-state index is 12.2. The Morgan fingerprint density at radius 3 is 2.75 bits per heavy atom. The largest absolute Gasteiger partial charge is 0.484 e. The van der Waals surface area contributed by atoms with Gasteiger partial charge in [-0.2, -0.15) is 0 Å². The van der Waals surface area contributed by atoms with Crippen LogP contribution in [-0.2, 0) is 11.4 Å². The number of carbonyl (C=O) groups excluding carboxylic acids is 1. The first-order valence-electron chi connectivity index (χ1n) is 8.62. The molecule has 8 heteroatoms. The van der Waals surface area contributed by atoms with E-state index in [1.54, 1.807) is 12.1 Å². The van der Waals surface area contributed by atoms with Gasteiger partial charge < -0.3 is 14.5 Å². The molecule has 1 amide bonds. The van der Waals surface area contributed by atoms with Crippen LogP contribution in [0.5, 0.6) is 5.75 Å². The molecule has 28 heavy (non-hydrogen) atoms. The van der Waals surface area contributed by atoms with Crippen molar-refractivity contribution in [3.05, 3.63) is 64.0 Å². The van der Waals surface area contributed by atoms with Crippen molar-refractivity contribution in [3.8, 4) is 5.75 Å². The van der Waals surface area contributed by atoms with E-state index in [-0.39, 0.29) is 18.3 Å². The van der Waals surface area contributed by atoms with Crippen LogP contribution in [-0.4, -0.2) is 21.9 Å². The smallest absolute Gasteiger partial charge is 0.277 e. The molecule has 1 aromatic heterocycles. The van der Waals surface area contributed by atoms with E-state index in [4.69, 9.17) is 20.8 Å². The summed E-state index contributed by atoms with van der Waals surface area (Å²) in [5.41, 5.74) is 3.83. The van der Waals surface area contributed by atoms with E-state index in [0.29, 0.717) is 21.9 Å². The summed E-state index contributed by atoms with van der Waals surface area (Å²) in [5.74, 6) is 1.08. The van der Waals surface area contributed by atoms with Gasteiger partial charge in [-0.05, 0) is 61.7 Å². The van der Waals surface area contributed by atoms with Crippen molar-refractivity contribution in [1.82, 2.24) is 10.2 Å². The standard InChI is InChI=1S/C20H20ClN3O3S/c1-12-4-5-13(2)16(8-12)22-18(25)11-28-20-24-23-19(27-20)10-26-17-7-6-15(21)9-14(17)3/h4-9H,10-11H2,1-3H3,(H,22,25). The predicted octanol–water partition coefficient (Wildman–Crippen LogP) is 4.96. The fourth-order valence-electron chi connectivity index (χ4n) is 2.45. The van der Waals surface area contributed by atoms with Gasteiger partial charge >= 0.3 is 0 Å². The SMILES string of the molecule is Cc1ccc(C)c(NC(=O)CSc2nnc(COc3ccc(Cl)cc3C)o2)c1. The molecule has 2 aromatic carbocycles. The first kappa shape index (κ1) is 20.2. The van der Waals surface area contributed by atoms with Crippen molar-refractivity contribution in [2.24, 2.45) is 0 Å². The molecular formula is C20H20ClN3O3S. The van der Waals surface area contributed by atoms with Gasteiger partial charge in [-0.1, -0.05) is 35.5 Å². The van der Waals surface area contributed by atoms with E-state index in [1.165, 1.54) is 11.8 Å². The third kappa shape index (κ3) is 5.50. The lowest BCUT2D eigenvalue weighted by atomic mass is 10.1. The predicted molar refractivity (Wildman–Crippen MR) is 110 cm³/mol. The highest BCUT2D eigenvalue weighted by atomic mass is 35.5. The number of benzene rings is 2. The quantitative estimate of drug-likeness (QED) is 0.547. The maximum atomic E-state index is 12.2. The zero-order valence-electron chi connectivity index (χ0n) is 15.8. The van der Waals surface area contributed by atoms with Gasteiger partial charge in [-0.15, -0.1) is 10.2 Å². The number of nitrogens with one attached hydrogen (secondary N) is 1. The van der Waals surface area contributed by atoms with Gasteiger partial charge in [0.15, 0.2) is 6.61 Å². The number of aromatic nitrogens is 2. The van der Waals surface area contributed by atoms with Crippen molar-refractivity contribution < 1.29 is 13.9 Å². The third-order valence-electron chi connectivity index (χ3n) is 3.93. The number of hydrogen-bond donors (Lipinski definition) is 1. The fraction of sp³-hybridized carbons (Fsp3) is 0.250. The minimum absolute atomic E-state index is 0.133. The summed E-state index contributed by atoms with van der Waals surface area (Å²) in [6.07, 6.45) is 0. The highest BCUT2D eigenvalue weighted by Crippen LogP contribution is 2.23. The monoisotopic (exact) mass is 417 g/mol. The number of carbonyl (C=O) groups is 1. The van der Waals surface area contributed by atoms with Gasteiger partial charge in [0.25, 0.3) is 11.1 Å². The third-order valence-corrected chi connectivity index (χ3v) is 4.98. The Morgan fingerprint density at radius 2 is 1.96 bits per heavy atom. The molecule has 0 saturated heterocycles. The van der Waals surface area contributed by atoms with Gasteiger partial charge in [0, 0.05) is 10.7 Å². The molecule has 3 aromatic rings. The molecule has 0 fully saturated rings. The highest BCUT2D eigenvalue weighted by Gasteiger charge is 2.12. The number of nitrogens with zero attached hydrogens (tertiary/aromatic N) is 2. The Hall–Kier alpha value is -2.51. The zero-order valence-corrected chi connectivity index (χ0v) is 17.4. The lowest BCUT2D eigenvalue weighted by Crippen LogP contribution is -2.14. The van der Waals surface area contributed by atoms with E-state index in [9.17, 15) is 4.79 Å². The number of hydrogen-bond acceptors (Lipinski definition) is 6. The fourth-order valence-corrected chi connectivity index (χ4v) is 3.26. The van der Waals surface area contributed by atoms with Crippen molar-refractivity contribution >= 4 is 35.0 Å². The Kier molecular flexibility index (Phi) is 6.59. The number of ether oxygens (including phenoxy) is 1. The molecule has 3 rings (SSSR count). The molecule has 0 aliphatic rings. The number of amides is 1. The lowest BCUT2D eigenvalue weighted by molar-refractivity contribution is -0.113. The van der Waals surface area contributed by atoms with E-state index in [0.717, 1.165) is 22.4 Å². The summed E-state index contributed by atoms with van der Waals surface area (Å²) < 4.78 is 11.2. The van der Waals surface area contributed by atoms with Crippen molar-refractivity contribution in [3.63, 3.8) is 0 Å². The van der Waals surface area contributed by atoms with Crippen LogP contribution in [0.4, 0.5) is 5.69 Å². The van der Waals surface area contributed by atoms with Crippen LogP contribution in [0.1, 0.15) is 22.6 Å². The molecule has 0 saturated carbocycles. The topological polar surface area (TPSA) is 77.2 Å².